The minimum atomic E-state index is -0.0132. The summed E-state index contributed by atoms with van der Waals surface area (Å²) >= 11 is 11.9. The molecule has 0 N–H and O–H groups in total. The Hall–Kier alpha value is -1.46. The smallest absolute Gasteiger partial charge is 0.227 e. The van der Waals surface area contributed by atoms with Crippen molar-refractivity contribution in [3.05, 3.63) is 28.2 Å². The van der Waals surface area contributed by atoms with Crippen LogP contribution in [0.4, 0.5) is 0 Å². The fourth-order valence-electron chi connectivity index (χ4n) is 2.49. The number of aromatic nitrogens is 3. The zero-order valence-electron chi connectivity index (χ0n) is 11.2. The van der Waals surface area contributed by atoms with Gasteiger partial charge in [0.1, 0.15) is 11.5 Å². The molecule has 0 radical (unpaired) electrons. The summed E-state index contributed by atoms with van der Waals surface area (Å²) in [7, 11) is 0. The van der Waals surface area contributed by atoms with Crippen LogP contribution in [0.3, 0.4) is 0 Å². The number of ketones is 1. The molecular formula is C14H13Cl2N3O2. The van der Waals surface area contributed by atoms with Crippen LogP contribution in [0.1, 0.15) is 31.6 Å². The van der Waals surface area contributed by atoms with Crippen LogP contribution in [0.25, 0.3) is 11.5 Å². The van der Waals surface area contributed by atoms with Gasteiger partial charge in [-0.2, -0.15) is 4.98 Å². The molecule has 110 valence electrons. The molecule has 21 heavy (non-hydrogen) atoms. The Bertz CT molecular complexity index is 672. The second-order valence-electron chi connectivity index (χ2n) is 5.11. The molecular weight excluding hydrogens is 313 g/mol. The van der Waals surface area contributed by atoms with Gasteiger partial charge in [0.2, 0.25) is 11.7 Å². The molecule has 1 unspecified atom stereocenters. The fourth-order valence-corrected chi connectivity index (χ4v) is 2.96. The van der Waals surface area contributed by atoms with E-state index in [-0.39, 0.29) is 11.7 Å². The molecule has 2 aromatic heterocycles. The van der Waals surface area contributed by atoms with Gasteiger partial charge in [-0.3, -0.25) is 4.79 Å². The third-order valence-corrected chi connectivity index (χ3v) is 4.08. The number of hydrogen-bond acceptors (Lipinski definition) is 5. The zero-order chi connectivity index (χ0) is 14.8. The Morgan fingerprint density at radius 2 is 2.19 bits per heavy atom. The zero-order valence-corrected chi connectivity index (χ0v) is 12.7. The Morgan fingerprint density at radius 1 is 1.33 bits per heavy atom. The SMILES string of the molecule is O=C1CCCCC1Cc1nc(-c2ncc(Cl)cc2Cl)no1. The summed E-state index contributed by atoms with van der Waals surface area (Å²) in [6, 6.07) is 1.58. The van der Waals surface area contributed by atoms with Crippen molar-refractivity contribution in [1.29, 1.82) is 0 Å². The standard InChI is InChI=1S/C14H13Cl2N3O2/c15-9-6-10(16)13(17-7-9)14-18-12(21-19-14)5-8-3-1-2-4-11(8)20/h6-8H,1-5H2. The lowest BCUT2D eigenvalue weighted by molar-refractivity contribution is -0.124. The first-order chi connectivity index (χ1) is 10.1. The summed E-state index contributed by atoms with van der Waals surface area (Å²) in [6.07, 6.45) is 5.55. The molecule has 7 heteroatoms. The summed E-state index contributed by atoms with van der Waals surface area (Å²) in [5, 5.41) is 4.69. The van der Waals surface area contributed by atoms with Crippen LogP contribution in [0.5, 0.6) is 0 Å². The van der Waals surface area contributed by atoms with Crippen molar-refractivity contribution in [3.63, 3.8) is 0 Å². The Kier molecular flexibility index (Phi) is 4.22. The number of hydrogen-bond donors (Lipinski definition) is 0. The van der Waals surface area contributed by atoms with Crippen LogP contribution in [-0.2, 0) is 11.2 Å². The molecule has 0 bridgehead atoms. The Balaban J connectivity index is 1.78. The molecule has 0 amide bonds. The van der Waals surface area contributed by atoms with Gasteiger partial charge >= 0.3 is 0 Å². The van der Waals surface area contributed by atoms with E-state index in [0.29, 0.717) is 40.3 Å². The average Bonchev–Trinajstić information content (AvgIpc) is 2.90. The van der Waals surface area contributed by atoms with E-state index < -0.39 is 0 Å². The van der Waals surface area contributed by atoms with Crippen molar-refractivity contribution in [2.75, 3.05) is 0 Å². The number of halogens is 2. The molecule has 0 saturated heterocycles. The van der Waals surface area contributed by atoms with Crippen molar-refractivity contribution in [3.8, 4) is 11.5 Å². The summed E-state index contributed by atoms with van der Waals surface area (Å²) < 4.78 is 5.21. The van der Waals surface area contributed by atoms with Gasteiger partial charge in [0.05, 0.1) is 10.0 Å². The van der Waals surface area contributed by atoms with Gasteiger partial charge in [-0.05, 0) is 18.9 Å². The van der Waals surface area contributed by atoms with E-state index in [0.717, 1.165) is 19.3 Å². The van der Waals surface area contributed by atoms with Crippen LogP contribution in [0.15, 0.2) is 16.8 Å². The lowest BCUT2D eigenvalue weighted by Gasteiger charge is -2.18. The molecule has 5 nitrogen and oxygen atoms in total. The third kappa shape index (κ3) is 3.24. The second kappa shape index (κ2) is 6.12. The highest BCUT2D eigenvalue weighted by molar-refractivity contribution is 6.35. The van der Waals surface area contributed by atoms with Crippen molar-refractivity contribution in [1.82, 2.24) is 15.1 Å². The first-order valence-corrected chi connectivity index (χ1v) is 7.56. The molecule has 1 fully saturated rings. The number of carbonyl (C=O) groups is 1. The lowest BCUT2D eigenvalue weighted by Crippen LogP contribution is -2.21. The van der Waals surface area contributed by atoms with E-state index in [1.165, 1.54) is 6.20 Å². The van der Waals surface area contributed by atoms with Crippen LogP contribution in [0.2, 0.25) is 10.0 Å². The minimum absolute atomic E-state index is 0.0132. The molecule has 1 aliphatic rings. The van der Waals surface area contributed by atoms with E-state index >= 15 is 0 Å². The van der Waals surface area contributed by atoms with E-state index in [1.54, 1.807) is 6.07 Å². The van der Waals surface area contributed by atoms with Gasteiger partial charge in [-0.1, -0.05) is 34.8 Å². The molecule has 1 saturated carbocycles. The maximum atomic E-state index is 11.8. The quantitative estimate of drug-likeness (QED) is 0.859. The largest absolute Gasteiger partial charge is 0.339 e. The van der Waals surface area contributed by atoms with Crippen LogP contribution in [-0.4, -0.2) is 20.9 Å². The van der Waals surface area contributed by atoms with E-state index in [2.05, 4.69) is 15.1 Å². The van der Waals surface area contributed by atoms with Gasteiger partial charge in [-0.15, -0.1) is 0 Å². The second-order valence-corrected chi connectivity index (χ2v) is 5.95. The minimum Gasteiger partial charge on any atom is -0.339 e. The van der Waals surface area contributed by atoms with Crippen LogP contribution < -0.4 is 0 Å². The van der Waals surface area contributed by atoms with Gasteiger partial charge in [0.25, 0.3) is 0 Å². The van der Waals surface area contributed by atoms with Crippen molar-refractivity contribution in [2.45, 2.75) is 32.1 Å². The molecule has 0 aromatic carbocycles. The van der Waals surface area contributed by atoms with Crippen LogP contribution in [0, 0.1) is 5.92 Å². The van der Waals surface area contributed by atoms with E-state index in [9.17, 15) is 4.79 Å². The number of carbonyl (C=O) groups excluding carboxylic acids is 1. The molecule has 2 aromatic rings. The number of nitrogens with zero attached hydrogens (tertiary/aromatic N) is 3. The Labute approximate surface area is 131 Å². The van der Waals surface area contributed by atoms with Crippen LogP contribution >= 0.6 is 23.2 Å². The number of rotatable bonds is 3. The van der Waals surface area contributed by atoms with E-state index in [1.807, 2.05) is 0 Å². The van der Waals surface area contributed by atoms with Crippen molar-refractivity contribution in [2.24, 2.45) is 5.92 Å². The molecule has 0 spiro atoms. The lowest BCUT2D eigenvalue weighted by atomic mass is 9.86. The molecule has 2 heterocycles. The first kappa shape index (κ1) is 14.5. The summed E-state index contributed by atoms with van der Waals surface area (Å²) in [4.78, 5) is 20.2. The predicted octanol–water partition coefficient (Wildman–Crippen LogP) is 3.74. The molecule has 1 atom stereocenters. The maximum Gasteiger partial charge on any atom is 0.227 e. The number of Topliss-reactive ketones (excluding diaryl/α,β-unsaturated/α-hetero) is 1. The maximum absolute atomic E-state index is 11.8. The van der Waals surface area contributed by atoms with Crippen molar-refractivity contribution < 1.29 is 9.32 Å². The highest BCUT2D eigenvalue weighted by Gasteiger charge is 2.25. The monoisotopic (exact) mass is 325 g/mol. The summed E-state index contributed by atoms with van der Waals surface area (Å²) in [5.41, 5.74) is 0.422. The van der Waals surface area contributed by atoms with Gasteiger partial charge in [0.15, 0.2) is 0 Å². The highest BCUT2D eigenvalue weighted by atomic mass is 35.5. The van der Waals surface area contributed by atoms with Gasteiger partial charge in [-0.25, -0.2) is 4.98 Å². The molecule has 3 rings (SSSR count). The third-order valence-electron chi connectivity index (χ3n) is 3.59. The summed E-state index contributed by atoms with van der Waals surface area (Å²) in [6.45, 7) is 0. The number of pyridine rings is 1. The average molecular weight is 326 g/mol. The predicted molar refractivity (Wildman–Crippen MR) is 78.2 cm³/mol. The first-order valence-electron chi connectivity index (χ1n) is 6.80. The topological polar surface area (TPSA) is 68.9 Å². The Morgan fingerprint density at radius 3 is 2.95 bits per heavy atom. The van der Waals surface area contributed by atoms with Gasteiger partial charge < -0.3 is 4.52 Å². The van der Waals surface area contributed by atoms with Gasteiger partial charge in [0, 0.05) is 25.0 Å². The summed E-state index contributed by atoms with van der Waals surface area (Å²) in [5.74, 6) is 1.03. The molecule has 1 aliphatic carbocycles. The van der Waals surface area contributed by atoms with E-state index in [4.69, 9.17) is 27.7 Å². The molecule has 0 aliphatic heterocycles. The van der Waals surface area contributed by atoms with Crippen molar-refractivity contribution >= 4 is 29.0 Å². The fraction of sp³-hybridized carbons (Fsp3) is 0.429. The highest BCUT2D eigenvalue weighted by Crippen LogP contribution is 2.27. The normalized spacial score (nSPS) is 19.0.